The summed E-state index contributed by atoms with van der Waals surface area (Å²) in [5.41, 5.74) is 0.601. The second kappa shape index (κ2) is 6.45. The maximum absolute atomic E-state index is 12.8. The number of ether oxygens (including phenoxy) is 1. The first-order valence-corrected chi connectivity index (χ1v) is 5.78. The minimum absolute atomic E-state index is 0.266. The van der Waals surface area contributed by atoms with E-state index in [0.717, 1.165) is 0 Å². The van der Waals surface area contributed by atoms with E-state index in [2.05, 4.69) is 5.32 Å². The molecule has 0 aliphatic heterocycles. The fraction of sp³-hybridized carbons (Fsp3) is 0.417. The number of rotatable bonds is 5. The monoisotopic (exact) mass is 259 g/mol. The molecule has 1 unspecified atom stereocenters. The van der Waals surface area contributed by atoms with Crippen LogP contribution in [0, 0.1) is 11.7 Å². The van der Waals surface area contributed by atoms with Gasteiger partial charge in [0, 0.05) is 6.54 Å². The molecule has 1 rings (SSSR count). The Morgan fingerprint density at radius 1 is 1.59 bits per heavy atom. The van der Waals surface area contributed by atoms with E-state index in [9.17, 15) is 9.18 Å². The fourth-order valence-electron chi connectivity index (χ4n) is 1.26. The third kappa shape index (κ3) is 4.23. The Bertz CT molecular complexity index is 398. The van der Waals surface area contributed by atoms with Crippen molar-refractivity contribution in [3.63, 3.8) is 0 Å². The second-order valence-corrected chi connectivity index (χ2v) is 4.07. The van der Waals surface area contributed by atoms with Gasteiger partial charge in [-0.2, -0.15) is 0 Å². The van der Waals surface area contributed by atoms with Gasteiger partial charge in [0.05, 0.1) is 23.2 Å². The lowest BCUT2D eigenvalue weighted by Crippen LogP contribution is -2.22. The molecule has 5 heteroatoms. The normalized spacial score (nSPS) is 12.0. The highest BCUT2D eigenvalue weighted by Gasteiger charge is 2.14. The summed E-state index contributed by atoms with van der Waals surface area (Å²) in [6, 6.07) is 4.07. The molecule has 0 aromatic heterocycles. The minimum atomic E-state index is -0.390. The summed E-state index contributed by atoms with van der Waals surface area (Å²) in [6.45, 7) is 4.27. The molecule has 94 valence electrons. The molecule has 0 amide bonds. The van der Waals surface area contributed by atoms with Crippen LogP contribution >= 0.6 is 11.6 Å². The molecule has 17 heavy (non-hydrogen) atoms. The number of hydrogen-bond acceptors (Lipinski definition) is 3. The van der Waals surface area contributed by atoms with Crippen molar-refractivity contribution >= 4 is 23.3 Å². The molecule has 1 aromatic carbocycles. The zero-order valence-corrected chi connectivity index (χ0v) is 10.6. The third-order valence-electron chi connectivity index (χ3n) is 2.22. The van der Waals surface area contributed by atoms with Crippen molar-refractivity contribution < 1.29 is 13.9 Å². The van der Waals surface area contributed by atoms with Gasteiger partial charge in [0.25, 0.3) is 0 Å². The van der Waals surface area contributed by atoms with Crippen molar-refractivity contribution in [1.82, 2.24) is 0 Å². The number of halogens is 2. The van der Waals surface area contributed by atoms with Crippen LogP contribution in [-0.4, -0.2) is 19.1 Å². The number of anilines is 1. The van der Waals surface area contributed by atoms with Gasteiger partial charge in [-0.1, -0.05) is 18.5 Å². The molecule has 0 heterocycles. The molecule has 0 radical (unpaired) electrons. The van der Waals surface area contributed by atoms with Crippen molar-refractivity contribution in [1.29, 1.82) is 0 Å². The summed E-state index contributed by atoms with van der Waals surface area (Å²) in [7, 11) is 0. The topological polar surface area (TPSA) is 38.3 Å². The quantitative estimate of drug-likeness (QED) is 0.826. The van der Waals surface area contributed by atoms with Crippen LogP contribution in [0.5, 0.6) is 0 Å². The standard InChI is InChI=1S/C12H15ClFNO2/c1-3-17-12(16)8(2)7-15-11-5-4-9(14)6-10(11)13/h4-6,8,15H,3,7H2,1-2H3. The van der Waals surface area contributed by atoms with Gasteiger partial charge >= 0.3 is 5.97 Å². The van der Waals surface area contributed by atoms with Crippen molar-refractivity contribution in [2.24, 2.45) is 5.92 Å². The Balaban J connectivity index is 2.52. The highest BCUT2D eigenvalue weighted by Crippen LogP contribution is 2.22. The average molecular weight is 260 g/mol. The van der Waals surface area contributed by atoms with E-state index >= 15 is 0 Å². The van der Waals surface area contributed by atoms with Gasteiger partial charge in [0.1, 0.15) is 5.82 Å². The lowest BCUT2D eigenvalue weighted by Gasteiger charge is -2.13. The number of nitrogens with one attached hydrogen (secondary N) is 1. The molecule has 0 aliphatic rings. The first-order chi connectivity index (χ1) is 8.04. The Hall–Kier alpha value is -1.29. The van der Waals surface area contributed by atoms with E-state index in [1.807, 2.05) is 0 Å². The second-order valence-electron chi connectivity index (χ2n) is 3.66. The van der Waals surface area contributed by atoms with Crippen molar-refractivity contribution in [2.45, 2.75) is 13.8 Å². The number of hydrogen-bond donors (Lipinski definition) is 1. The molecule has 1 aromatic rings. The third-order valence-corrected chi connectivity index (χ3v) is 2.53. The zero-order chi connectivity index (χ0) is 12.8. The van der Waals surface area contributed by atoms with Crippen molar-refractivity contribution in [3.05, 3.63) is 29.0 Å². The van der Waals surface area contributed by atoms with E-state index in [-0.39, 0.29) is 17.7 Å². The van der Waals surface area contributed by atoms with E-state index in [0.29, 0.717) is 23.9 Å². The molecule has 1 atom stereocenters. The van der Waals surface area contributed by atoms with Gasteiger partial charge in [-0.15, -0.1) is 0 Å². The van der Waals surface area contributed by atoms with E-state index < -0.39 is 0 Å². The van der Waals surface area contributed by atoms with Gasteiger partial charge in [0.15, 0.2) is 0 Å². The van der Waals surface area contributed by atoms with E-state index in [4.69, 9.17) is 16.3 Å². The molecule has 0 saturated heterocycles. The average Bonchev–Trinajstić information content (AvgIpc) is 2.27. The summed E-state index contributed by atoms with van der Waals surface area (Å²) in [4.78, 5) is 11.3. The molecule has 0 spiro atoms. The first kappa shape index (κ1) is 13.8. The molecule has 1 N–H and O–H groups in total. The first-order valence-electron chi connectivity index (χ1n) is 5.40. The summed E-state index contributed by atoms with van der Waals surface area (Å²) < 4.78 is 17.7. The predicted molar refractivity (Wildman–Crippen MR) is 65.7 cm³/mol. The lowest BCUT2D eigenvalue weighted by atomic mass is 10.2. The molecule has 0 fully saturated rings. The Labute approximate surface area is 105 Å². The fourth-order valence-corrected chi connectivity index (χ4v) is 1.50. The summed E-state index contributed by atoms with van der Waals surface area (Å²) in [6.07, 6.45) is 0. The highest BCUT2D eigenvalue weighted by atomic mass is 35.5. The Morgan fingerprint density at radius 2 is 2.29 bits per heavy atom. The van der Waals surface area contributed by atoms with Gasteiger partial charge in [-0.25, -0.2) is 4.39 Å². The van der Waals surface area contributed by atoms with Gasteiger partial charge in [-0.05, 0) is 25.1 Å². The summed E-state index contributed by atoms with van der Waals surface area (Å²) in [5, 5.41) is 3.27. The minimum Gasteiger partial charge on any atom is -0.466 e. The van der Waals surface area contributed by atoms with Crippen LogP contribution in [0.15, 0.2) is 18.2 Å². The summed E-state index contributed by atoms with van der Waals surface area (Å²) in [5.74, 6) is -0.937. The largest absolute Gasteiger partial charge is 0.466 e. The van der Waals surface area contributed by atoms with Gasteiger partial charge in [0.2, 0.25) is 0 Å². The molecule has 0 aliphatic carbocycles. The van der Waals surface area contributed by atoms with Crippen LogP contribution in [0.25, 0.3) is 0 Å². The van der Waals surface area contributed by atoms with Crippen molar-refractivity contribution in [2.75, 3.05) is 18.5 Å². The van der Waals surface area contributed by atoms with Crippen LogP contribution in [0.2, 0.25) is 5.02 Å². The highest BCUT2D eigenvalue weighted by molar-refractivity contribution is 6.33. The maximum Gasteiger partial charge on any atom is 0.310 e. The molecular weight excluding hydrogens is 245 g/mol. The van der Waals surface area contributed by atoms with Crippen LogP contribution in [-0.2, 0) is 9.53 Å². The molecule has 0 bridgehead atoms. The molecule has 3 nitrogen and oxygen atoms in total. The lowest BCUT2D eigenvalue weighted by molar-refractivity contribution is -0.146. The zero-order valence-electron chi connectivity index (χ0n) is 9.80. The molecule has 0 saturated carbocycles. The molecular formula is C12H15ClFNO2. The Morgan fingerprint density at radius 3 is 2.88 bits per heavy atom. The van der Waals surface area contributed by atoms with Crippen LogP contribution < -0.4 is 5.32 Å². The van der Waals surface area contributed by atoms with Crippen LogP contribution in [0.3, 0.4) is 0 Å². The summed E-state index contributed by atoms with van der Waals surface area (Å²) >= 11 is 5.84. The van der Waals surface area contributed by atoms with Crippen LogP contribution in [0.4, 0.5) is 10.1 Å². The maximum atomic E-state index is 12.8. The van der Waals surface area contributed by atoms with Crippen molar-refractivity contribution in [3.8, 4) is 0 Å². The number of carbonyl (C=O) groups excluding carboxylic acids is 1. The Kier molecular flexibility index (Phi) is 5.22. The number of benzene rings is 1. The smallest absolute Gasteiger partial charge is 0.310 e. The van der Waals surface area contributed by atoms with E-state index in [1.165, 1.54) is 18.2 Å². The number of carbonyl (C=O) groups is 1. The van der Waals surface area contributed by atoms with Gasteiger partial charge < -0.3 is 10.1 Å². The predicted octanol–water partition coefficient (Wildman–Crippen LogP) is 3.09. The SMILES string of the molecule is CCOC(=O)C(C)CNc1ccc(F)cc1Cl. The number of esters is 1. The van der Waals surface area contributed by atoms with E-state index in [1.54, 1.807) is 13.8 Å². The van der Waals surface area contributed by atoms with Crippen LogP contribution in [0.1, 0.15) is 13.8 Å². The van der Waals surface area contributed by atoms with Gasteiger partial charge in [-0.3, -0.25) is 4.79 Å².